The van der Waals surface area contributed by atoms with Crippen molar-refractivity contribution in [3.05, 3.63) is 0 Å². The van der Waals surface area contributed by atoms with Crippen molar-refractivity contribution in [2.45, 2.75) is 38.1 Å². The molecule has 1 unspecified atom stereocenters. The molecular weight excluding hydrogens is 162 g/mol. The van der Waals surface area contributed by atoms with Gasteiger partial charge in [0.25, 0.3) is 0 Å². The zero-order valence-electron chi connectivity index (χ0n) is 8.22. The van der Waals surface area contributed by atoms with Crippen LogP contribution < -0.4 is 5.32 Å². The summed E-state index contributed by atoms with van der Waals surface area (Å²) in [6.07, 6.45) is 7.20. The molecule has 3 fully saturated rings. The molecule has 13 heavy (non-hydrogen) atoms. The molecule has 2 aliphatic carbocycles. The maximum atomic E-state index is 5.36. The fourth-order valence-corrected chi connectivity index (χ4v) is 2.63. The SMILES string of the molecule is C1CC(NCC2(C3CC3)CC2)CO1. The van der Waals surface area contributed by atoms with Gasteiger partial charge >= 0.3 is 0 Å². The second-order valence-corrected chi connectivity index (χ2v) is 5.08. The van der Waals surface area contributed by atoms with E-state index in [1.807, 2.05) is 0 Å². The zero-order chi connectivity index (χ0) is 8.73. The van der Waals surface area contributed by atoms with Gasteiger partial charge in [-0.1, -0.05) is 0 Å². The first-order chi connectivity index (χ1) is 6.39. The monoisotopic (exact) mass is 181 g/mol. The fraction of sp³-hybridized carbons (Fsp3) is 1.00. The molecule has 0 aromatic heterocycles. The van der Waals surface area contributed by atoms with Crippen LogP contribution in [0.25, 0.3) is 0 Å². The molecule has 0 radical (unpaired) electrons. The molecule has 1 atom stereocenters. The molecule has 74 valence electrons. The van der Waals surface area contributed by atoms with Crippen LogP contribution in [0.2, 0.25) is 0 Å². The average Bonchev–Trinajstić information content (AvgIpc) is 3.02. The van der Waals surface area contributed by atoms with E-state index in [9.17, 15) is 0 Å². The van der Waals surface area contributed by atoms with E-state index in [0.29, 0.717) is 6.04 Å². The van der Waals surface area contributed by atoms with E-state index in [1.165, 1.54) is 38.6 Å². The smallest absolute Gasteiger partial charge is 0.0620 e. The number of hydrogen-bond donors (Lipinski definition) is 1. The first-order valence-electron chi connectivity index (χ1n) is 5.70. The normalized spacial score (nSPS) is 36.5. The summed E-state index contributed by atoms with van der Waals surface area (Å²) in [5.74, 6) is 1.09. The molecule has 1 heterocycles. The lowest BCUT2D eigenvalue weighted by Crippen LogP contribution is -2.35. The largest absolute Gasteiger partial charge is 0.380 e. The number of hydrogen-bond acceptors (Lipinski definition) is 2. The average molecular weight is 181 g/mol. The lowest BCUT2D eigenvalue weighted by Gasteiger charge is -2.18. The molecule has 1 aliphatic heterocycles. The second-order valence-electron chi connectivity index (χ2n) is 5.08. The van der Waals surface area contributed by atoms with Crippen LogP contribution in [-0.2, 0) is 4.74 Å². The van der Waals surface area contributed by atoms with Gasteiger partial charge < -0.3 is 10.1 Å². The van der Waals surface area contributed by atoms with Crippen molar-refractivity contribution in [1.82, 2.24) is 5.32 Å². The molecular formula is C11H19NO. The first kappa shape index (κ1) is 8.25. The van der Waals surface area contributed by atoms with Gasteiger partial charge in [-0.3, -0.25) is 0 Å². The van der Waals surface area contributed by atoms with Crippen LogP contribution in [0.4, 0.5) is 0 Å². The number of nitrogens with one attached hydrogen (secondary N) is 1. The first-order valence-corrected chi connectivity index (χ1v) is 5.70. The molecule has 3 aliphatic rings. The van der Waals surface area contributed by atoms with Crippen molar-refractivity contribution in [2.75, 3.05) is 19.8 Å². The summed E-state index contributed by atoms with van der Waals surface area (Å²) < 4.78 is 5.36. The van der Waals surface area contributed by atoms with Gasteiger partial charge in [-0.25, -0.2) is 0 Å². The molecule has 2 heteroatoms. The Bertz CT molecular complexity index is 190. The van der Waals surface area contributed by atoms with Gasteiger partial charge in [0.05, 0.1) is 6.61 Å². The molecule has 0 bridgehead atoms. The van der Waals surface area contributed by atoms with Crippen molar-refractivity contribution in [2.24, 2.45) is 11.3 Å². The Labute approximate surface area is 80.0 Å². The Morgan fingerprint density at radius 1 is 1.23 bits per heavy atom. The van der Waals surface area contributed by atoms with Crippen molar-refractivity contribution in [3.8, 4) is 0 Å². The summed E-state index contributed by atoms with van der Waals surface area (Å²) in [5.41, 5.74) is 0.753. The second kappa shape index (κ2) is 2.96. The highest BCUT2D eigenvalue weighted by molar-refractivity contribution is 5.05. The van der Waals surface area contributed by atoms with Gasteiger partial charge in [-0.2, -0.15) is 0 Å². The number of rotatable bonds is 4. The standard InChI is InChI=1S/C11H19NO/c1-2-9(1)11(4-5-11)8-12-10-3-6-13-7-10/h9-10,12H,1-8H2. The molecule has 1 saturated heterocycles. The van der Waals surface area contributed by atoms with E-state index in [0.717, 1.165) is 24.5 Å². The van der Waals surface area contributed by atoms with E-state index in [-0.39, 0.29) is 0 Å². The summed E-state index contributed by atoms with van der Waals surface area (Å²) >= 11 is 0. The summed E-state index contributed by atoms with van der Waals surface area (Å²) in [6, 6.07) is 0.663. The van der Waals surface area contributed by atoms with Crippen LogP contribution in [0.3, 0.4) is 0 Å². The van der Waals surface area contributed by atoms with Crippen LogP contribution in [0.1, 0.15) is 32.1 Å². The Morgan fingerprint density at radius 2 is 2.08 bits per heavy atom. The summed E-state index contributed by atoms with van der Waals surface area (Å²) in [4.78, 5) is 0. The highest BCUT2D eigenvalue weighted by atomic mass is 16.5. The van der Waals surface area contributed by atoms with Gasteiger partial charge in [0, 0.05) is 19.2 Å². The summed E-state index contributed by atoms with van der Waals surface area (Å²) in [6.45, 7) is 3.18. The van der Waals surface area contributed by atoms with Crippen molar-refractivity contribution < 1.29 is 4.74 Å². The summed E-state index contributed by atoms with van der Waals surface area (Å²) in [5, 5.41) is 3.68. The maximum Gasteiger partial charge on any atom is 0.0620 e. The van der Waals surface area contributed by atoms with E-state index in [4.69, 9.17) is 4.74 Å². The van der Waals surface area contributed by atoms with Crippen LogP contribution in [0.5, 0.6) is 0 Å². The maximum absolute atomic E-state index is 5.36. The predicted molar refractivity (Wildman–Crippen MR) is 51.6 cm³/mol. The Morgan fingerprint density at radius 3 is 2.62 bits per heavy atom. The van der Waals surface area contributed by atoms with Crippen molar-refractivity contribution in [3.63, 3.8) is 0 Å². The Hall–Kier alpha value is -0.0800. The third-order valence-electron chi connectivity index (χ3n) is 4.01. The Kier molecular flexibility index (Phi) is 1.88. The van der Waals surface area contributed by atoms with E-state index >= 15 is 0 Å². The van der Waals surface area contributed by atoms with Crippen LogP contribution in [-0.4, -0.2) is 25.8 Å². The molecule has 0 aromatic carbocycles. The third-order valence-corrected chi connectivity index (χ3v) is 4.01. The molecule has 3 rings (SSSR count). The van der Waals surface area contributed by atoms with Gasteiger partial charge in [0.15, 0.2) is 0 Å². The van der Waals surface area contributed by atoms with Gasteiger partial charge in [-0.05, 0) is 43.4 Å². The van der Waals surface area contributed by atoms with Crippen LogP contribution >= 0.6 is 0 Å². The lowest BCUT2D eigenvalue weighted by atomic mass is 10.0. The van der Waals surface area contributed by atoms with Crippen molar-refractivity contribution >= 4 is 0 Å². The lowest BCUT2D eigenvalue weighted by molar-refractivity contribution is 0.188. The summed E-state index contributed by atoms with van der Waals surface area (Å²) in [7, 11) is 0. The van der Waals surface area contributed by atoms with E-state index in [1.54, 1.807) is 0 Å². The zero-order valence-corrected chi connectivity index (χ0v) is 8.22. The number of ether oxygens (including phenoxy) is 1. The minimum absolute atomic E-state index is 0.663. The Balaban J connectivity index is 1.46. The predicted octanol–water partition coefficient (Wildman–Crippen LogP) is 1.56. The van der Waals surface area contributed by atoms with E-state index in [2.05, 4.69) is 5.32 Å². The molecule has 0 spiro atoms. The van der Waals surface area contributed by atoms with Crippen LogP contribution in [0.15, 0.2) is 0 Å². The van der Waals surface area contributed by atoms with Gasteiger partial charge in [0.2, 0.25) is 0 Å². The van der Waals surface area contributed by atoms with Gasteiger partial charge in [0.1, 0.15) is 0 Å². The highest BCUT2D eigenvalue weighted by Crippen LogP contribution is 2.60. The minimum Gasteiger partial charge on any atom is -0.380 e. The molecule has 0 amide bonds. The fourth-order valence-electron chi connectivity index (χ4n) is 2.63. The van der Waals surface area contributed by atoms with Crippen LogP contribution in [0, 0.1) is 11.3 Å². The quantitative estimate of drug-likeness (QED) is 0.710. The highest BCUT2D eigenvalue weighted by Gasteiger charge is 2.53. The molecule has 2 saturated carbocycles. The molecule has 2 nitrogen and oxygen atoms in total. The van der Waals surface area contributed by atoms with Crippen molar-refractivity contribution in [1.29, 1.82) is 0 Å². The molecule has 0 aromatic rings. The topological polar surface area (TPSA) is 21.3 Å². The van der Waals surface area contributed by atoms with E-state index < -0.39 is 0 Å². The minimum atomic E-state index is 0.663. The molecule has 1 N–H and O–H groups in total. The third kappa shape index (κ3) is 1.62. The van der Waals surface area contributed by atoms with Gasteiger partial charge in [-0.15, -0.1) is 0 Å².